The molecule has 0 radical (unpaired) electrons. The van der Waals surface area contributed by atoms with E-state index >= 15 is 0 Å². The number of nitrogens with zero attached hydrogens (tertiary/aromatic N) is 1. The van der Waals surface area contributed by atoms with Crippen LogP contribution in [-0.4, -0.2) is 31.9 Å². The van der Waals surface area contributed by atoms with E-state index in [-0.39, 0.29) is 16.3 Å². The van der Waals surface area contributed by atoms with Gasteiger partial charge in [0.05, 0.1) is 5.69 Å². The number of hydrogen-bond acceptors (Lipinski definition) is 4. The Hall–Kier alpha value is -1.79. The van der Waals surface area contributed by atoms with Crippen molar-refractivity contribution < 1.29 is 13.5 Å². The van der Waals surface area contributed by atoms with Crippen molar-refractivity contribution in [2.24, 2.45) is 0 Å². The standard InChI is InChI=1S/C12H14N2O3S/c1-14(2)18(16,17)12-10-7-9(15)5-3-8(10)4-6-11(12)13/h3-7,15H,13H2,1-2H3. The highest BCUT2D eigenvalue weighted by molar-refractivity contribution is 7.89. The molecule has 5 nitrogen and oxygen atoms in total. The van der Waals surface area contributed by atoms with Gasteiger partial charge in [-0.25, -0.2) is 12.7 Å². The summed E-state index contributed by atoms with van der Waals surface area (Å²) in [7, 11) is -0.772. The molecule has 3 N–H and O–H groups in total. The van der Waals surface area contributed by atoms with Crippen LogP contribution in [0.5, 0.6) is 5.75 Å². The summed E-state index contributed by atoms with van der Waals surface area (Å²) in [5.41, 5.74) is 5.94. The van der Waals surface area contributed by atoms with Gasteiger partial charge in [-0.3, -0.25) is 0 Å². The van der Waals surface area contributed by atoms with Gasteiger partial charge in [-0.1, -0.05) is 12.1 Å². The number of aromatic hydroxyl groups is 1. The van der Waals surface area contributed by atoms with Crippen molar-refractivity contribution >= 4 is 26.5 Å². The zero-order valence-electron chi connectivity index (χ0n) is 10.1. The van der Waals surface area contributed by atoms with Crippen LogP contribution < -0.4 is 5.73 Å². The third-order valence-electron chi connectivity index (χ3n) is 2.72. The lowest BCUT2D eigenvalue weighted by molar-refractivity contribution is 0.476. The third-order valence-corrected chi connectivity index (χ3v) is 4.66. The van der Waals surface area contributed by atoms with Crippen LogP contribution in [-0.2, 0) is 10.0 Å². The van der Waals surface area contributed by atoms with Crippen molar-refractivity contribution in [3.8, 4) is 5.75 Å². The molecule has 0 atom stereocenters. The maximum absolute atomic E-state index is 12.2. The van der Waals surface area contributed by atoms with Gasteiger partial charge in [0, 0.05) is 19.5 Å². The van der Waals surface area contributed by atoms with E-state index in [4.69, 9.17) is 5.73 Å². The number of phenolic OH excluding ortho intramolecular Hbond substituents is 1. The maximum Gasteiger partial charge on any atom is 0.245 e. The van der Waals surface area contributed by atoms with Gasteiger partial charge >= 0.3 is 0 Å². The summed E-state index contributed by atoms with van der Waals surface area (Å²) in [6, 6.07) is 7.83. The molecule has 6 heteroatoms. The smallest absolute Gasteiger partial charge is 0.245 e. The first-order valence-corrected chi connectivity index (χ1v) is 6.72. The molecular weight excluding hydrogens is 252 g/mol. The second kappa shape index (κ2) is 4.15. The predicted octanol–water partition coefficient (Wildman–Crippen LogP) is 1.38. The van der Waals surface area contributed by atoms with Gasteiger partial charge in [0.2, 0.25) is 10.0 Å². The molecule has 96 valence electrons. The van der Waals surface area contributed by atoms with Gasteiger partial charge < -0.3 is 10.8 Å². The monoisotopic (exact) mass is 266 g/mol. The number of anilines is 1. The second-order valence-corrected chi connectivity index (χ2v) is 6.27. The molecule has 2 aromatic carbocycles. The summed E-state index contributed by atoms with van der Waals surface area (Å²) in [5.74, 6) is 0.00306. The molecule has 0 bridgehead atoms. The Bertz CT molecular complexity index is 703. The summed E-state index contributed by atoms with van der Waals surface area (Å²) in [6.45, 7) is 0. The van der Waals surface area contributed by atoms with Crippen LogP contribution in [0.3, 0.4) is 0 Å². The number of nitrogen functional groups attached to an aromatic ring is 1. The molecule has 2 aromatic rings. The number of benzene rings is 2. The van der Waals surface area contributed by atoms with E-state index in [1.807, 2.05) is 0 Å². The summed E-state index contributed by atoms with van der Waals surface area (Å²) < 4.78 is 25.6. The molecule has 0 unspecified atom stereocenters. The van der Waals surface area contributed by atoms with Gasteiger partial charge in [0.25, 0.3) is 0 Å². The minimum atomic E-state index is -3.65. The van der Waals surface area contributed by atoms with E-state index in [1.54, 1.807) is 18.2 Å². The molecule has 0 saturated carbocycles. The first-order chi connectivity index (χ1) is 8.34. The average molecular weight is 266 g/mol. The van der Waals surface area contributed by atoms with Crippen molar-refractivity contribution in [2.75, 3.05) is 19.8 Å². The Balaban J connectivity index is 2.93. The maximum atomic E-state index is 12.2. The number of rotatable bonds is 2. The summed E-state index contributed by atoms with van der Waals surface area (Å²) in [6.07, 6.45) is 0. The molecule has 0 heterocycles. The Morgan fingerprint density at radius 2 is 1.78 bits per heavy atom. The zero-order chi connectivity index (χ0) is 13.5. The fourth-order valence-electron chi connectivity index (χ4n) is 1.77. The number of phenols is 1. The first kappa shape index (κ1) is 12.7. The van der Waals surface area contributed by atoms with Crippen LogP contribution in [0.15, 0.2) is 35.2 Å². The van der Waals surface area contributed by atoms with Crippen LogP contribution in [0.4, 0.5) is 5.69 Å². The molecule has 0 amide bonds. The molecular formula is C12H14N2O3S. The van der Waals surface area contributed by atoms with Gasteiger partial charge in [0.1, 0.15) is 10.6 Å². The van der Waals surface area contributed by atoms with E-state index < -0.39 is 10.0 Å². The lowest BCUT2D eigenvalue weighted by atomic mass is 10.1. The molecule has 0 fully saturated rings. The van der Waals surface area contributed by atoms with E-state index in [0.29, 0.717) is 10.8 Å². The lowest BCUT2D eigenvalue weighted by Gasteiger charge is -2.15. The van der Waals surface area contributed by atoms with Crippen molar-refractivity contribution in [3.63, 3.8) is 0 Å². The minimum Gasteiger partial charge on any atom is -0.508 e. The van der Waals surface area contributed by atoms with Crippen LogP contribution >= 0.6 is 0 Å². The highest BCUT2D eigenvalue weighted by Crippen LogP contribution is 2.32. The number of nitrogens with two attached hydrogens (primary N) is 1. The van der Waals surface area contributed by atoms with Crippen LogP contribution in [0.25, 0.3) is 10.8 Å². The van der Waals surface area contributed by atoms with Gasteiger partial charge in [-0.15, -0.1) is 0 Å². The largest absolute Gasteiger partial charge is 0.508 e. The third kappa shape index (κ3) is 1.89. The van der Waals surface area contributed by atoms with Crippen molar-refractivity contribution in [3.05, 3.63) is 30.3 Å². The summed E-state index contributed by atoms with van der Waals surface area (Å²) in [4.78, 5) is 0.0286. The molecule has 18 heavy (non-hydrogen) atoms. The minimum absolute atomic E-state index is 0.00306. The molecule has 0 aliphatic heterocycles. The fraction of sp³-hybridized carbons (Fsp3) is 0.167. The molecule has 0 saturated heterocycles. The quantitative estimate of drug-likeness (QED) is 0.804. The van der Waals surface area contributed by atoms with Gasteiger partial charge in [0.15, 0.2) is 0 Å². The van der Waals surface area contributed by atoms with E-state index in [1.165, 1.54) is 26.2 Å². The summed E-state index contributed by atoms with van der Waals surface area (Å²) >= 11 is 0. The lowest BCUT2D eigenvalue weighted by Crippen LogP contribution is -2.23. The topological polar surface area (TPSA) is 83.6 Å². The molecule has 0 aromatic heterocycles. The van der Waals surface area contributed by atoms with Gasteiger partial charge in [-0.05, 0) is 23.6 Å². The second-order valence-electron chi connectivity index (χ2n) is 4.18. The predicted molar refractivity (Wildman–Crippen MR) is 70.9 cm³/mol. The van der Waals surface area contributed by atoms with E-state index in [2.05, 4.69) is 0 Å². The Labute approximate surface area is 105 Å². The highest BCUT2D eigenvalue weighted by atomic mass is 32.2. The van der Waals surface area contributed by atoms with Crippen molar-refractivity contribution in [1.29, 1.82) is 0 Å². The summed E-state index contributed by atoms with van der Waals surface area (Å²) in [5, 5.41) is 10.6. The number of fused-ring (bicyclic) bond motifs is 1. The Kier molecular flexibility index (Phi) is 2.92. The average Bonchev–Trinajstić information content (AvgIpc) is 2.27. The normalized spacial score (nSPS) is 12.2. The van der Waals surface area contributed by atoms with Crippen LogP contribution in [0.1, 0.15) is 0 Å². The molecule has 2 rings (SSSR count). The van der Waals surface area contributed by atoms with Crippen molar-refractivity contribution in [2.45, 2.75) is 4.90 Å². The van der Waals surface area contributed by atoms with E-state index in [0.717, 1.165) is 4.31 Å². The molecule has 0 spiro atoms. The van der Waals surface area contributed by atoms with Crippen LogP contribution in [0, 0.1) is 0 Å². The zero-order valence-corrected chi connectivity index (χ0v) is 10.9. The Morgan fingerprint density at radius 1 is 1.17 bits per heavy atom. The van der Waals surface area contributed by atoms with Gasteiger partial charge in [-0.2, -0.15) is 0 Å². The fourth-order valence-corrected chi connectivity index (χ4v) is 2.95. The molecule has 0 aliphatic rings. The SMILES string of the molecule is CN(C)S(=O)(=O)c1c(N)ccc2ccc(O)cc12. The van der Waals surface area contributed by atoms with Crippen molar-refractivity contribution in [1.82, 2.24) is 4.31 Å². The highest BCUT2D eigenvalue weighted by Gasteiger charge is 2.23. The first-order valence-electron chi connectivity index (χ1n) is 5.28. The number of sulfonamides is 1. The van der Waals surface area contributed by atoms with E-state index in [9.17, 15) is 13.5 Å². The Morgan fingerprint density at radius 3 is 2.39 bits per heavy atom. The number of hydrogen-bond donors (Lipinski definition) is 2. The molecule has 0 aliphatic carbocycles. The van der Waals surface area contributed by atoms with Crippen LogP contribution in [0.2, 0.25) is 0 Å².